The van der Waals surface area contributed by atoms with E-state index in [0.29, 0.717) is 6.07 Å². The quantitative estimate of drug-likeness (QED) is 0.814. The minimum atomic E-state index is -4.99. The van der Waals surface area contributed by atoms with Crippen molar-refractivity contribution in [1.82, 2.24) is 0 Å². The number of carboxylic acid groups (broad SMARTS) is 1. The molecule has 0 heterocycles. The van der Waals surface area contributed by atoms with Gasteiger partial charge in [-0.25, -0.2) is 4.39 Å². The SMILES string of the molecule is N[C@H](Cc1ccc(F)cc1OC(F)(F)F)C(=O)O. The van der Waals surface area contributed by atoms with Crippen LogP contribution in [0.4, 0.5) is 17.6 Å². The summed E-state index contributed by atoms with van der Waals surface area (Å²) in [4.78, 5) is 10.5. The van der Waals surface area contributed by atoms with Gasteiger partial charge in [0.25, 0.3) is 0 Å². The summed E-state index contributed by atoms with van der Waals surface area (Å²) in [6.07, 6.45) is -5.39. The average Bonchev–Trinajstić information content (AvgIpc) is 2.19. The number of carbonyl (C=O) groups is 1. The molecule has 100 valence electrons. The Labute approximate surface area is 99.0 Å². The largest absolute Gasteiger partial charge is 0.573 e. The molecule has 0 aliphatic carbocycles. The monoisotopic (exact) mass is 267 g/mol. The Bertz CT molecular complexity index is 447. The number of hydrogen-bond donors (Lipinski definition) is 2. The zero-order valence-electron chi connectivity index (χ0n) is 8.87. The van der Waals surface area contributed by atoms with E-state index in [-0.39, 0.29) is 5.56 Å². The van der Waals surface area contributed by atoms with Gasteiger partial charge in [-0.05, 0) is 11.6 Å². The lowest BCUT2D eigenvalue weighted by Gasteiger charge is -2.14. The van der Waals surface area contributed by atoms with E-state index in [1.54, 1.807) is 0 Å². The van der Waals surface area contributed by atoms with Crippen LogP contribution in [-0.4, -0.2) is 23.5 Å². The molecule has 1 rings (SSSR count). The number of ether oxygens (including phenoxy) is 1. The average molecular weight is 267 g/mol. The maximum absolute atomic E-state index is 12.8. The molecule has 0 aliphatic rings. The van der Waals surface area contributed by atoms with Gasteiger partial charge in [0, 0.05) is 12.5 Å². The Kier molecular flexibility index (Phi) is 4.12. The molecule has 1 aromatic carbocycles. The molecular formula is C10H9F4NO3. The third kappa shape index (κ3) is 4.21. The van der Waals surface area contributed by atoms with Crippen LogP contribution >= 0.6 is 0 Å². The highest BCUT2D eigenvalue weighted by Crippen LogP contribution is 2.28. The number of halogens is 4. The summed E-state index contributed by atoms with van der Waals surface area (Å²) in [5.74, 6) is -3.10. The second-order valence-corrected chi connectivity index (χ2v) is 3.45. The van der Waals surface area contributed by atoms with Crippen molar-refractivity contribution in [3.63, 3.8) is 0 Å². The highest BCUT2D eigenvalue weighted by molar-refractivity contribution is 5.73. The number of benzene rings is 1. The first-order chi connectivity index (χ1) is 8.19. The van der Waals surface area contributed by atoms with Crippen molar-refractivity contribution in [3.05, 3.63) is 29.6 Å². The van der Waals surface area contributed by atoms with Crippen molar-refractivity contribution in [1.29, 1.82) is 0 Å². The highest BCUT2D eigenvalue weighted by atomic mass is 19.4. The third-order valence-corrected chi connectivity index (χ3v) is 2.01. The second kappa shape index (κ2) is 5.21. The first-order valence-electron chi connectivity index (χ1n) is 4.71. The first kappa shape index (κ1) is 14.2. The molecule has 18 heavy (non-hydrogen) atoms. The van der Waals surface area contributed by atoms with Crippen molar-refractivity contribution in [2.24, 2.45) is 5.73 Å². The van der Waals surface area contributed by atoms with Crippen LogP contribution in [0.25, 0.3) is 0 Å². The summed E-state index contributed by atoms with van der Waals surface area (Å²) in [5.41, 5.74) is 5.05. The van der Waals surface area contributed by atoms with Crippen LogP contribution in [0.1, 0.15) is 5.56 Å². The molecule has 0 saturated carbocycles. The van der Waals surface area contributed by atoms with E-state index in [1.807, 2.05) is 0 Å². The second-order valence-electron chi connectivity index (χ2n) is 3.45. The lowest BCUT2D eigenvalue weighted by molar-refractivity contribution is -0.275. The number of carboxylic acids is 1. The molecule has 0 unspecified atom stereocenters. The molecule has 0 saturated heterocycles. The van der Waals surface area contributed by atoms with E-state index in [1.165, 1.54) is 0 Å². The van der Waals surface area contributed by atoms with Crippen LogP contribution in [0.5, 0.6) is 5.75 Å². The third-order valence-electron chi connectivity index (χ3n) is 2.01. The number of alkyl halides is 3. The van der Waals surface area contributed by atoms with Crippen molar-refractivity contribution in [2.45, 2.75) is 18.8 Å². The predicted molar refractivity (Wildman–Crippen MR) is 52.4 cm³/mol. The molecule has 0 bridgehead atoms. The lowest BCUT2D eigenvalue weighted by atomic mass is 10.1. The van der Waals surface area contributed by atoms with Gasteiger partial charge >= 0.3 is 12.3 Å². The molecule has 0 aromatic heterocycles. The maximum Gasteiger partial charge on any atom is 0.573 e. The van der Waals surface area contributed by atoms with E-state index >= 15 is 0 Å². The smallest absolute Gasteiger partial charge is 0.480 e. The molecule has 1 aromatic rings. The van der Waals surface area contributed by atoms with E-state index in [9.17, 15) is 22.4 Å². The van der Waals surface area contributed by atoms with E-state index < -0.39 is 36.4 Å². The Hall–Kier alpha value is -1.83. The van der Waals surface area contributed by atoms with Crippen LogP contribution in [0, 0.1) is 5.82 Å². The van der Waals surface area contributed by atoms with Gasteiger partial charge < -0.3 is 15.6 Å². The van der Waals surface area contributed by atoms with Crippen LogP contribution in [-0.2, 0) is 11.2 Å². The summed E-state index contributed by atoms with van der Waals surface area (Å²) in [5, 5.41) is 8.56. The Balaban J connectivity index is 3.00. The Morgan fingerprint density at radius 3 is 2.56 bits per heavy atom. The molecule has 0 spiro atoms. The maximum atomic E-state index is 12.8. The summed E-state index contributed by atoms with van der Waals surface area (Å²) >= 11 is 0. The van der Waals surface area contributed by atoms with E-state index in [4.69, 9.17) is 10.8 Å². The molecule has 0 fully saturated rings. The minimum Gasteiger partial charge on any atom is -0.480 e. The van der Waals surface area contributed by atoms with Crippen LogP contribution in [0.15, 0.2) is 18.2 Å². The molecule has 0 aliphatic heterocycles. The van der Waals surface area contributed by atoms with Gasteiger partial charge in [-0.1, -0.05) is 6.07 Å². The van der Waals surface area contributed by atoms with Gasteiger partial charge in [0.2, 0.25) is 0 Å². The number of aliphatic carboxylic acids is 1. The Morgan fingerprint density at radius 1 is 1.44 bits per heavy atom. The van der Waals surface area contributed by atoms with Crippen molar-refractivity contribution >= 4 is 5.97 Å². The minimum absolute atomic E-state index is 0.136. The Morgan fingerprint density at radius 2 is 2.06 bits per heavy atom. The van der Waals surface area contributed by atoms with Gasteiger partial charge in [0.1, 0.15) is 17.6 Å². The zero-order valence-corrected chi connectivity index (χ0v) is 8.87. The standard InChI is InChI=1S/C10H9F4NO3/c11-6-2-1-5(3-7(15)9(16)17)8(4-6)18-10(12,13)14/h1-2,4,7H,3,15H2,(H,16,17)/t7-/m1/s1. The van der Waals surface area contributed by atoms with Gasteiger partial charge in [-0.15, -0.1) is 13.2 Å². The molecule has 8 heteroatoms. The molecule has 0 amide bonds. The molecule has 3 N–H and O–H groups in total. The number of nitrogens with two attached hydrogens (primary N) is 1. The first-order valence-corrected chi connectivity index (χ1v) is 4.71. The normalized spacial score (nSPS) is 13.2. The van der Waals surface area contributed by atoms with Crippen molar-refractivity contribution in [3.8, 4) is 5.75 Å². The summed E-state index contributed by atoms with van der Waals surface area (Å²) < 4.78 is 52.6. The number of hydrogen-bond acceptors (Lipinski definition) is 3. The molecular weight excluding hydrogens is 258 g/mol. The molecule has 4 nitrogen and oxygen atoms in total. The van der Waals surface area contributed by atoms with Crippen molar-refractivity contribution in [2.75, 3.05) is 0 Å². The number of rotatable bonds is 4. The van der Waals surface area contributed by atoms with E-state index in [2.05, 4.69) is 4.74 Å². The predicted octanol–water partition coefficient (Wildman–Crippen LogP) is 1.68. The van der Waals surface area contributed by atoms with Crippen LogP contribution < -0.4 is 10.5 Å². The molecule has 1 atom stereocenters. The van der Waals surface area contributed by atoms with Crippen molar-refractivity contribution < 1.29 is 32.2 Å². The van der Waals surface area contributed by atoms with Crippen LogP contribution in [0.2, 0.25) is 0 Å². The zero-order chi connectivity index (χ0) is 13.9. The van der Waals surface area contributed by atoms with Crippen LogP contribution in [0.3, 0.4) is 0 Å². The topological polar surface area (TPSA) is 72.5 Å². The van der Waals surface area contributed by atoms with E-state index in [0.717, 1.165) is 12.1 Å². The van der Waals surface area contributed by atoms with Gasteiger partial charge in [-0.2, -0.15) is 0 Å². The summed E-state index contributed by atoms with van der Waals surface area (Å²) in [6, 6.07) is 1.02. The van der Waals surface area contributed by atoms with Gasteiger partial charge in [0.05, 0.1) is 0 Å². The summed E-state index contributed by atoms with van der Waals surface area (Å²) in [6.45, 7) is 0. The van der Waals surface area contributed by atoms with Gasteiger partial charge in [0.15, 0.2) is 0 Å². The summed E-state index contributed by atoms with van der Waals surface area (Å²) in [7, 11) is 0. The fourth-order valence-corrected chi connectivity index (χ4v) is 1.24. The fourth-order valence-electron chi connectivity index (χ4n) is 1.24. The fraction of sp³-hybridized carbons (Fsp3) is 0.300. The molecule has 0 radical (unpaired) electrons. The lowest BCUT2D eigenvalue weighted by Crippen LogP contribution is -2.32. The highest BCUT2D eigenvalue weighted by Gasteiger charge is 2.32. The van der Waals surface area contributed by atoms with Gasteiger partial charge in [-0.3, -0.25) is 4.79 Å².